The van der Waals surface area contributed by atoms with E-state index in [9.17, 15) is 4.79 Å². The van der Waals surface area contributed by atoms with E-state index in [0.717, 1.165) is 30.7 Å². The molecule has 2 aromatic rings. The van der Waals surface area contributed by atoms with Crippen LogP contribution in [0.15, 0.2) is 23.4 Å². The molecule has 1 amide bonds. The van der Waals surface area contributed by atoms with Gasteiger partial charge in [0.1, 0.15) is 0 Å². The van der Waals surface area contributed by atoms with Crippen molar-refractivity contribution < 1.29 is 9.53 Å². The number of thioether (sulfide) groups is 1. The Morgan fingerprint density at radius 2 is 1.97 bits per heavy atom. The molecule has 2 heterocycles. The van der Waals surface area contributed by atoms with E-state index in [2.05, 4.69) is 38.8 Å². The van der Waals surface area contributed by atoms with Crippen molar-refractivity contribution in [1.82, 2.24) is 14.8 Å². The molecular weight excluding hydrogens is 433 g/mol. The molecule has 10 heteroatoms. The zero-order chi connectivity index (χ0) is 21.0. The Hall–Kier alpha value is -1.48. The second-order valence-electron chi connectivity index (χ2n) is 7.26. The number of amides is 1. The van der Waals surface area contributed by atoms with E-state index in [4.69, 9.17) is 27.9 Å². The Labute approximate surface area is 185 Å². The first-order valence-corrected chi connectivity index (χ1v) is 11.2. The van der Waals surface area contributed by atoms with Crippen molar-refractivity contribution in [3.8, 4) is 0 Å². The van der Waals surface area contributed by atoms with E-state index in [1.807, 2.05) is 6.92 Å². The number of halogens is 2. The Bertz CT molecular complexity index is 855. The van der Waals surface area contributed by atoms with Crippen LogP contribution in [0.3, 0.4) is 0 Å². The second kappa shape index (κ2) is 10.0. The fourth-order valence-corrected chi connectivity index (χ4v) is 4.12. The van der Waals surface area contributed by atoms with Gasteiger partial charge in [-0.15, -0.1) is 10.2 Å². The van der Waals surface area contributed by atoms with E-state index < -0.39 is 5.25 Å². The summed E-state index contributed by atoms with van der Waals surface area (Å²) in [6, 6.07) is 4.97. The maximum Gasteiger partial charge on any atom is 0.237 e. The van der Waals surface area contributed by atoms with Crippen LogP contribution in [0.1, 0.15) is 20.8 Å². The fraction of sp³-hybridized carbons (Fsp3) is 0.526. The highest BCUT2D eigenvalue weighted by molar-refractivity contribution is 8.00. The number of anilines is 2. The monoisotopic (exact) mass is 457 g/mol. The lowest BCUT2D eigenvalue weighted by molar-refractivity contribution is -0.115. The Morgan fingerprint density at radius 1 is 1.24 bits per heavy atom. The third-order valence-corrected chi connectivity index (χ3v) is 6.02. The molecule has 0 aliphatic carbocycles. The number of carbonyl (C=O) groups excluding carboxylic acids is 1. The smallest absolute Gasteiger partial charge is 0.237 e. The third-order valence-electron chi connectivity index (χ3n) is 4.38. The van der Waals surface area contributed by atoms with Crippen LogP contribution in [0.4, 0.5) is 11.6 Å². The molecule has 158 valence electrons. The molecule has 1 aromatic heterocycles. The molecule has 3 rings (SSSR count). The number of hydrogen-bond donors (Lipinski definition) is 1. The average molecular weight is 458 g/mol. The average Bonchev–Trinajstić information content (AvgIpc) is 3.07. The number of hydrogen-bond acceptors (Lipinski definition) is 6. The predicted molar refractivity (Wildman–Crippen MR) is 118 cm³/mol. The topological polar surface area (TPSA) is 72.3 Å². The van der Waals surface area contributed by atoms with Crippen LogP contribution >= 0.6 is 35.0 Å². The summed E-state index contributed by atoms with van der Waals surface area (Å²) in [5, 5.41) is 12.9. The first-order chi connectivity index (χ1) is 13.8. The maximum atomic E-state index is 12.7. The second-order valence-corrected chi connectivity index (χ2v) is 9.41. The van der Waals surface area contributed by atoms with Crippen molar-refractivity contribution in [1.29, 1.82) is 0 Å². The first-order valence-electron chi connectivity index (χ1n) is 9.53. The van der Waals surface area contributed by atoms with E-state index in [1.165, 1.54) is 11.8 Å². The van der Waals surface area contributed by atoms with Crippen LogP contribution in [0.5, 0.6) is 0 Å². The zero-order valence-corrected chi connectivity index (χ0v) is 19.0. The van der Waals surface area contributed by atoms with E-state index in [0.29, 0.717) is 34.9 Å². The molecule has 1 atom stereocenters. The van der Waals surface area contributed by atoms with Crippen molar-refractivity contribution in [2.75, 3.05) is 36.5 Å². The Morgan fingerprint density at radius 3 is 2.66 bits per heavy atom. The summed E-state index contributed by atoms with van der Waals surface area (Å²) in [4.78, 5) is 14.9. The normalized spacial score (nSPS) is 15.6. The van der Waals surface area contributed by atoms with E-state index in [1.54, 1.807) is 18.2 Å². The highest BCUT2D eigenvalue weighted by atomic mass is 35.5. The van der Waals surface area contributed by atoms with Gasteiger partial charge in [-0.1, -0.05) is 48.8 Å². The Balaban J connectivity index is 1.74. The number of rotatable bonds is 7. The molecule has 0 spiro atoms. The fourth-order valence-electron chi connectivity index (χ4n) is 2.93. The van der Waals surface area contributed by atoms with Crippen LogP contribution in [0.2, 0.25) is 10.0 Å². The minimum absolute atomic E-state index is 0.175. The highest BCUT2D eigenvalue weighted by Gasteiger charge is 2.24. The number of ether oxygens (including phenoxy) is 1. The number of benzene rings is 1. The molecule has 29 heavy (non-hydrogen) atoms. The quantitative estimate of drug-likeness (QED) is 0.628. The van der Waals surface area contributed by atoms with Crippen LogP contribution in [-0.2, 0) is 16.1 Å². The summed E-state index contributed by atoms with van der Waals surface area (Å²) in [7, 11) is 0. The number of nitrogens with one attached hydrogen (secondary N) is 1. The minimum Gasteiger partial charge on any atom is -0.378 e. The molecule has 1 fully saturated rings. The van der Waals surface area contributed by atoms with Crippen molar-refractivity contribution in [2.24, 2.45) is 5.92 Å². The van der Waals surface area contributed by atoms with Gasteiger partial charge in [-0.2, -0.15) is 0 Å². The van der Waals surface area contributed by atoms with Gasteiger partial charge in [0.25, 0.3) is 0 Å². The summed E-state index contributed by atoms with van der Waals surface area (Å²) >= 11 is 13.5. The van der Waals surface area contributed by atoms with Gasteiger partial charge in [-0.3, -0.25) is 9.36 Å². The number of nitrogens with zero attached hydrogens (tertiary/aromatic N) is 4. The molecule has 0 bridgehead atoms. The first kappa shape index (κ1) is 22.2. The van der Waals surface area contributed by atoms with Gasteiger partial charge in [-0.25, -0.2) is 0 Å². The standard InChI is InChI=1S/C19H25Cl2N5O2S/c1-12(2)11-26-18(25-6-8-28-9-7-25)23-24-19(26)29-13(3)17(27)22-16-10-14(20)4-5-15(16)21/h4-5,10,12-13H,6-9,11H2,1-3H3,(H,22,27). The summed E-state index contributed by atoms with van der Waals surface area (Å²) in [6.45, 7) is 9.82. The summed E-state index contributed by atoms with van der Waals surface area (Å²) in [5.74, 6) is 1.07. The molecule has 0 radical (unpaired) electrons. The summed E-state index contributed by atoms with van der Waals surface area (Å²) in [6.07, 6.45) is 0. The van der Waals surface area contributed by atoms with Gasteiger partial charge in [-0.05, 0) is 31.0 Å². The van der Waals surface area contributed by atoms with E-state index >= 15 is 0 Å². The molecule has 1 aliphatic heterocycles. The lowest BCUT2D eigenvalue weighted by atomic mass is 10.2. The van der Waals surface area contributed by atoms with Gasteiger partial charge in [0, 0.05) is 24.7 Å². The molecule has 7 nitrogen and oxygen atoms in total. The highest BCUT2D eigenvalue weighted by Crippen LogP contribution is 2.30. The van der Waals surface area contributed by atoms with Gasteiger partial charge < -0.3 is 15.0 Å². The predicted octanol–water partition coefficient (Wildman–Crippen LogP) is 4.20. The number of aromatic nitrogens is 3. The van der Waals surface area contributed by atoms with Gasteiger partial charge in [0.05, 0.1) is 29.2 Å². The number of carbonyl (C=O) groups is 1. The van der Waals surface area contributed by atoms with Crippen molar-refractivity contribution in [3.63, 3.8) is 0 Å². The van der Waals surface area contributed by atoms with Crippen molar-refractivity contribution in [2.45, 2.75) is 37.7 Å². The SMILES string of the molecule is CC(C)Cn1c(SC(C)C(=O)Nc2cc(Cl)ccc2Cl)nnc1N1CCOCC1. The zero-order valence-electron chi connectivity index (χ0n) is 16.7. The van der Waals surface area contributed by atoms with E-state index in [-0.39, 0.29) is 5.91 Å². The lowest BCUT2D eigenvalue weighted by Crippen LogP contribution is -2.38. The van der Waals surface area contributed by atoms with Crippen molar-refractivity contribution in [3.05, 3.63) is 28.2 Å². The molecule has 1 aromatic carbocycles. The van der Waals surface area contributed by atoms with Crippen LogP contribution in [0.25, 0.3) is 0 Å². The van der Waals surface area contributed by atoms with Gasteiger partial charge in [0.2, 0.25) is 11.9 Å². The molecule has 1 saturated heterocycles. The summed E-state index contributed by atoms with van der Waals surface area (Å²) in [5.41, 5.74) is 0.495. The van der Waals surface area contributed by atoms with Gasteiger partial charge >= 0.3 is 0 Å². The van der Waals surface area contributed by atoms with Crippen LogP contribution in [-0.4, -0.2) is 52.2 Å². The largest absolute Gasteiger partial charge is 0.378 e. The van der Waals surface area contributed by atoms with Crippen LogP contribution in [0, 0.1) is 5.92 Å². The van der Waals surface area contributed by atoms with Crippen molar-refractivity contribution >= 4 is 52.5 Å². The number of morpholine rings is 1. The lowest BCUT2D eigenvalue weighted by Gasteiger charge is -2.28. The van der Waals surface area contributed by atoms with Gasteiger partial charge in [0.15, 0.2) is 5.16 Å². The minimum atomic E-state index is -0.391. The molecule has 1 aliphatic rings. The third kappa shape index (κ3) is 5.78. The Kier molecular flexibility index (Phi) is 7.67. The molecule has 0 saturated carbocycles. The van der Waals surface area contributed by atoms with Crippen LogP contribution < -0.4 is 10.2 Å². The molecule has 1 N–H and O–H groups in total. The maximum absolute atomic E-state index is 12.7. The molecular formula is C19H25Cl2N5O2S. The molecule has 1 unspecified atom stereocenters. The summed E-state index contributed by atoms with van der Waals surface area (Å²) < 4.78 is 7.54.